The molecule has 0 saturated heterocycles. The van der Waals surface area contributed by atoms with E-state index < -0.39 is 0 Å². The fraction of sp³-hybridized carbons (Fsp3) is 0.875. The van der Waals surface area contributed by atoms with Crippen LogP contribution in [0, 0.1) is 17.8 Å². The van der Waals surface area contributed by atoms with Crippen LogP contribution in [0.4, 0.5) is 0 Å². The van der Waals surface area contributed by atoms with Gasteiger partial charge in [-0.05, 0) is 57.9 Å². The maximum atomic E-state index is 12.1. The number of esters is 1. The van der Waals surface area contributed by atoms with E-state index in [2.05, 4.69) is 12.2 Å². The van der Waals surface area contributed by atoms with Gasteiger partial charge in [0, 0.05) is 6.04 Å². The zero-order chi connectivity index (χ0) is 15.4. The summed E-state index contributed by atoms with van der Waals surface area (Å²) in [6.45, 7) is 4.67. The third kappa shape index (κ3) is 4.43. The third-order valence-corrected chi connectivity index (χ3v) is 4.94. The zero-order valence-electron chi connectivity index (χ0n) is 13.4. The van der Waals surface area contributed by atoms with E-state index in [-0.39, 0.29) is 31.0 Å². The van der Waals surface area contributed by atoms with Crippen LogP contribution < -0.4 is 5.32 Å². The first-order chi connectivity index (χ1) is 9.99. The number of amides is 1. The van der Waals surface area contributed by atoms with Gasteiger partial charge in [0.25, 0.3) is 0 Å². The van der Waals surface area contributed by atoms with Gasteiger partial charge in [0.05, 0.1) is 19.7 Å². The van der Waals surface area contributed by atoms with E-state index in [0.717, 1.165) is 11.8 Å². The molecule has 0 radical (unpaired) electrons. The zero-order valence-corrected chi connectivity index (χ0v) is 13.4. The molecule has 0 aromatic heterocycles. The topological polar surface area (TPSA) is 58.6 Å². The van der Waals surface area contributed by atoms with Gasteiger partial charge < -0.3 is 10.1 Å². The molecule has 21 heavy (non-hydrogen) atoms. The lowest BCUT2D eigenvalue weighted by atomic mass is 9.84. The van der Waals surface area contributed by atoms with E-state index >= 15 is 0 Å². The predicted octanol–water partition coefficient (Wildman–Crippen LogP) is 1.42. The molecule has 0 heterocycles. The average Bonchev–Trinajstić information content (AvgIpc) is 3.00. The van der Waals surface area contributed by atoms with Crippen LogP contribution in [0.15, 0.2) is 0 Å². The molecule has 0 spiro atoms. The molecule has 2 aliphatic rings. The molecule has 2 aliphatic carbocycles. The summed E-state index contributed by atoms with van der Waals surface area (Å²) >= 11 is 0. The van der Waals surface area contributed by atoms with E-state index in [9.17, 15) is 9.59 Å². The van der Waals surface area contributed by atoms with Crippen LogP contribution in [-0.2, 0) is 14.3 Å². The van der Waals surface area contributed by atoms with Gasteiger partial charge in [0.15, 0.2) is 0 Å². The Kier molecular flexibility index (Phi) is 5.62. The van der Waals surface area contributed by atoms with E-state index in [4.69, 9.17) is 4.74 Å². The fourth-order valence-corrected chi connectivity index (χ4v) is 4.04. The molecule has 120 valence electrons. The van der Waals surface area contributed by atoms with Crippen molar-refractivity contribution in [1.82, 2.24) is 10.2 Å². The number of ether oxygens (including phenoxy) is 1. The largest absolute Gasteiger partial charge is 0.465 e. The summed E-state index contributed by atoms with van der Waals surface area (Å²) in [5, 5.41) is 3.11. The maximum absolute atomic E-state index is 12.1. The molecule has 1 amide bonds. The summed E-state index contributed by atoms with van der Waals surface area (Å²) in [5.41, 5.74) is 0. The molecule has 2 rings (SSSR count). The highest BCUT2D eigenvalue weighted by Crippen LogP contribution is 2.49. The molecule has 4 unspecified atom stereocenters. The van der Waals surface area contributed by atoms with E-state index in [1.165, 1.54) is 25.7 Å². The van der Waals surface area contributed by atoms with Crippen molar-refractivity contribution in [2.45, 2.75) is 45.6 Å². The average molecular weight is 296 g/mol. The summed E-state index contributed by atoms with van der Waals surface area (Å²) in [6, 6.07) is 0.240. The van der Waals surface area contributed by atoms with Crippen molar-refractivity contribution < 1.29 is 14.3 Å². The monoisotopic (exact) mass is 296 g/mol. The Balaban J connectivity index is 1.70. The standard InChI is InChI=1S/C16H28N2O3/c1-4-21-16(20)10-18(3)9-15(19)17-11(2)14-8-12-5-6-13(14)7-12/h11-14H,4-10H2,1-3H3,(H,17,19). The lowest BCUT2D eigenvalue weighted by molar-refractivity contribution is -0.144. The molecule has 0 aliphatic heterocycles. The summed E-state index contributed by atoms with van der Waals surface area (Å²) in [4.78, 5) is 25.1. The maximum Gasteiger partial charge on any atom is 0.320 e. The molecule has 5 nitrogen and oxygen atoms in total. The lowest BCUT2D eigenvalue weighted by Gasteiger charge is -2.29. The van der Waals surface area contributed by atoms with Crippen molar-refractivity contribution in [3.05, 3.63) is 0 Å². The molecule has 0 aromatic carbocycles. The Bertz CT molecular complexity index is 386. The van der Waals surface area contributed by atoms with Gasteiger partial charge in [0.1, 0.15) is 0 Å². The summed E-state index contributed by atoms with van der Waals surface area (Å²) in [6.07, 6.45) is 5.33. The fourth-order valence-electron chi connectivity index (χ4n) is 4.04. The van der Waals surface area contributed by atoms with Crippen LogP contribution in [0.1, 0.15) is 39.5 Å². The minimum absolute atomic E-state index is 0.00271. The Labute approximate surface area is 127 Å². The van der Waals surface area contributed by atoms with E-state index in [1.807, 2.05) is 0 Å². The second kappa shape index (κ2) is 7.25. The molecule has 2 saturated carbocycles. The first-order valence-corrected chi connectivity index (χ1v) is 8.13. The summed E-state index contributed by atoms with van der Waals surface area (Å²) in [7, 11) is 1.76. The van der Waals surface area contributed by atoms with Crippen molar-refractivity contribution in [3.8, 4) is 0 Å². The van der Waals surface area contributed by atoms with Gasteiger partial charge in [-0.2, -0.15) is 0 Å². The van der Waals surface area contributed by atoms with Crippen LogP contribution in [0.5, 0.6) is 0 Å². The molecule has 5 heteroatoms. The minimum Gasteiger partial charge on any atom is -0.465 e. The smallest absolute Gasteiger partial charge is 0.320 e. The normalized spacial score (nSPS) is 28.7. The van der Waals surface area contributed by atoms with Gasteiger partial charge >= 0.3 is 5.97 Å². The highest BCUT2D eigenvalue weighted by molar-refractivity contribution is 5.79. The highest BCUT2D eigenvalue weighted by Gasteiger charge is 2.42. The second-order valence-electron chi connectivity index (χ2n) is 6.67. The van der Waals surface area contributed by atoms with Crippen LogP contribution in [-0.4, -0.2) is 49.6 Å². The number of nitrogens with one attached hydrogen (secondary N) is 1. The van der Waals surface area contributed by atoms with Crippen molar-refractivity contribution in [1.29, 1.82) is 0 Å². The van der Waals surface area contributed by atoms with Gasteiger partial charge in [-0.1, -0.05) is 6.42 Å². The Morgan fingerprint density at radius 1 is 1.29 bits per heavy atom. The number of nitrogens with zero attached hydrogens (tertiary/aromatic N) is 1. The van der Waals surface area contributed by atoms with Crippen molar-refractivity contribution in [2.24, 2.45) is 17.8 Å². The van der Waals surface area contributed by atoms with Crippen molar-refractivity contribution in [2.75, 3.05) is 26.7 Å². The van der Waals surface area contributed by atoms with Gasteiger partial charge in [0.2, 0.25) is 5.91 Å². The number of likely N-dealkylation sites (N-methyl/N-ethyl adjacent to an activating group) is 1. The molecule has 2 fully saturated rings. The summed E-state index contributed by atoms with van der Waals surface area (Å²) < 4.78 is 4.88. The van der Waals surface area contributed by atoms with Crippen LogP contribution in [0.3, 0.4) is 0 Å². The molecule has 0 aromatic rings. The van der Waals surface area contributed by atoms with Crippen LogP contribution >= 0.6 is 0 Å². The van der Waals surface area contributed by atoms with E-state index in [1.54, 1.807) is 18.9 Å². The lowest BCUT2D eigenvalue weighted by Crippen LogP contribution is -2.45. The predicted molar refractivity (Wildman–Crippen MR) is 80.7 cm³/mol. The molecular formula is C16H28N2O3. The van der Waals surface area contributed by atoms with E-state index in [0.29, 0.717) is 12.5 Å². The Hall–Kier alpha value is -1.10. The number of fused-ring (bicyclic) bond motifs is 2. The SMILES string of the molecule is CCOC(=O)CN(C)CC(=O)NC(C)C1CC2CCC1C2. The third-order valence-electron chi connectivity index (χ3n) is 4.94. The highest BCUT2D eigenvalue weighted by atomic mass is 16.5. The van der Waals surface area contributed by atoms with Crippen molar-refractivity contribution in [3.63, 3.8) is 0 Å². The number of carbonyl (C=O) groups excluding carboxylic acids is 2. The molecule has 1 N–H and O–H groups in total. The first-order valence-electron chi connectivity index (χ1n) is 8.13. The quantitative estimate of drug-likeness (QED) is 0.722. The molecule has 2 bridgehead atoms. The van der Waals surface area contributed by atoms with Crippen molar-refractivity contribution >= 4 is 11.9 Å². The second-order valence-corrected chi connectivity index (χ2v) is 6.67. The number of hydrogen-bond donors (Lipinski definition) is 1. The summed E-state index contributed by atoms with van der Waals surface area (Å²) in [5.74, 6) is 2.06. The number of rotatable bonds is 7. The van der Waals surface area contributed by atoms with Gasteiger partial charge in [-0.25, -0.2) is 0 Å². The molecule has 4 atom stereocenters. The van der Waals surface area contributed by atoms with Crippen LogP contribution in [0.25, 0.3) is 0 Å². The minimum atomic E-state index is -0.283. The first kappa shape index (κ1) is 16.3. The molecular weight excluding hydrogens is 268 g/mol. The number of carbonyl (C=O) groups is 2. The Morgan fingerprint density at radius 3 is 2.62 bits per heavy atom. The van der Waals surface area contributed by atoms with Gasteiger partial charge in [-0.3, -0.25) is 14.5 Å². The van der Waals surface area contributed by atoms with Crippen LogP contribution in [0.2, 0.25) is 0 Å². The van der Waals surface area contributed by atoms with Gasteiger partial charge in [-0.15, -0.1) is 0 Å². The number of hydrogen-bond acceptors (Lipinski definition) is 4. The Morgan fingerprint density at radius 2 is 2.05 bits per heavy atom.